The third kappa shape index (κ3) is 3.84. The highest BCUT2D eigenvalue weighted by molar-refractivity contribution is 5.89. The van der Waals surface area contributed by atoms with Crippen LogP contribution in [0.3, 0.4) is 0 Å². The van der Waals surface area contributed by atoms with Crippen molar-refractivity contribution in [2.24, 2.45) is 0 Å². The van der Waals surface area contributed by atoms with Gasteiger partial charge in [0.25, 0.3) is 0 Å². The molecule has 8 heteroatoms. The van der Waals surface area contributed by atoms with Crippen LogP contribution in [0.15, 0.2) is 12.3 Å². The van der Waals surface area contributed by atoms with E-state index in [1.165, 1.54) is 13.3 Å². The summed E-state index contributed by atoms with van der Waals surface area (Å²) in [6, 6.07) is 1.11. The van der Waals surface area contributed by atoms with Gasteiger partial charge in [-0.15, -0.1) is 0 Å². The molecule has 2 N–H and O–H groups in total. The number of ether oxygens (including phenoxy) is 1. The second kappa shape index (κ2) is 6.17. The molecule has 8 nitrogen and oxygen atoms in total. The van der Waals surface area contributed by atoms with Crippen molar-refractivity contribution in [3.8, 4) is 6.01 Å². The van der Waals surface area contributed by atoms with E-state index in [0.717, 1.165) is 0 Å². The maximum Gasteiger partial charge on any atom is 0.320 e. The molecule has 1 fully saturated rings. The maximum atomic E-state index is 12.0. The minimum atomic E-state index is -0.408. The molecular formula is C14H21N5O3. The summed E-state index contributed by atoms with van der Waals surface area (Å²) in [5.74, 6) is 0.378. The molecule has 1 aliphatic rings. The summed E-state index contributed by atoms with van der Waals surface area (Å²) in [5.41, 5.74) is -0.246. The van der Waals surface area contributed by atoms with Gasteiger partial charge in [0.1, 0.15) is 5.82 Å². The first-order chi connectivity index (χ1) is 10.3. The molecule has 1 saturated heterocycles. The summed E-state index contributed by atoms with van der Waals surface area (Å²) >= 11 is 0. The zero-order valence-electron chi connectivity index (χ0n) is 13.2. The van der Waals surface area contributed by atoms with Crippen molar-refractivity contribution in [2.75, 3.05) is 19.0 Å². The van der Waals surface area contributed by atoms with Crippen LogP contribution in [0, 0.1) is 0 Å². The average Bonchev–Trinajstić information content (AvgIpc) is 2.79. The molecule has 0 saturated carbocycles. The van der Waals surface area contributed by atoms with Crippen LogP contribution in [0.4, 0.5) is 10.6 Å². The zero-order chi connectivity index (χ0) is 16.3. The molecule has 22 heavy (non-hydrogen) atoms. The van der Waals surface area contributed by atoms with Crippen LogP contribution < -0.4 is 15.4 Å². The van der Waals surface area contributed by atoms with E-state index in [0.29, 0.717) is 18.8 Å². The van der Waals surface area contributed by atoms with E-state index < -0.39 is 6.03 Å². The largest absolute Gasteiger partial charge is 0.467 e. The Morgan fingerprint density at radius 2 is 2.18 bits per heavy atom. The van der Waals surface area contributed by atoms with Crippen LogP contribution in [-0.4, -0.2) is 52.0 Å². The van der Waals surface area contributed by atoms with Crippen LogP contribution in [0.2, 0.25) is 0 Å². The summed E-state index contributed by atoms with van der Waals surface area (Å²) in [5, 5.41) is 5.38. The first-order valence-electron chi connectivity index (χ1n) is 7.04. The van der Waals surface area contributed by atoms with E-state index in [1.807, 2.05) is 20.8 Å². The van der Waals surface area contributed by atoms with Gasteiger partial charge in [0.05, 0.1) is 13.2 Å². The number of rotatable bonds is 3. The van der Waals surface area contributed by atoms with E-state index in [9.17, 15) is 9.59 Å². The van der Waals surface area contributed by atoms with Crippen LogP contribution in [-0.2, 0) is 4.79 Å². The second-order valence-corrected chi connectivity index (χ2v) is 6.10. The summed E-state index contributed by atoms with van der Waals surface area (Å²) in [6.45, 7) is 6.42. The molecule has 0 aliphatic carbocycles. The quantitative estimate of drug-likeness (QED) is 0.868. The van der Waals surface area contributed by atoms with E-state index >= 15 is 0 Å². The van der Waals surface area contributed by atoms with E-state index in [4.69, 9.17) is 4.74 Å². The lowest BCUT2D eigenvalue weighted by molar-refractivity contribution is -0.131. The second-order valence-electron chi connectivity index (χ2n) is 6.10. The highest BCUT2D eigenvalue weighted by Crippen LogP contribution is 2.21. The number of carbonyl (C=O) groups excluding carboxylic acids is 2. The fourth-order valence-corrected chi connectivity index (χ4v) is 2.30. The SMILES string of the molecule is COc1nccc(NC(=O)NC2CC(=O)N(C(C)(C)C)C2)n1. The Hall–Kier alpha value is -2.38. The smallest absolute Gasteiger partial charge is 0.320 e. The van der Waals surface area contributed by atoms with Gasteiger partial charge in [-0.3, -0.25) is 10.1 Å². The lowest BCUT2D eigenvalue weighted by Crippen LogP contribution is -2.45. The number of hydrogen-bond acceptors (Lipinski definition) is 5. The number of amides is 3. The van der Waals surface area contributed by atoms with Crippen molar-refractivity contribution in [2.45, 2.75) is 38.8 Å². The Bertz CT molecular complexity index is 570. The number of hydrogen-bond donors (Lipinski definition) is 2. The molecule has 1 aliphatic heterocycles. The van der Waals surface area contributed by atoms with Crippen molar-refractivity contribution in [1.29, 1.82) is 0 Å². The lowest BCUT2D eigenvalue weighted by atomic mass is 10.1. The summed E-state index contributed by atoms with van der Waals surface area (Å²) in [7, 11) is 1.45. The van der Waals surface area contributed by atoms with Gasteiger partial charge >= 0.3 is 12.0 Å². The molecule has 0 spiro atoms. The van der Waals surface area contributed by atoms with E-state index in [1.54, 1.807) is 11.0 Å². The standard InChI is InChI=1S/C14H21N5O3/c1-14(2,3)19-8-9(7-11(19)20)16-12(21)17-10-5-6-15-13(18-10)22-4/h5-6,9H,7-8H2,1-4H3,(H2,15,16,17,18,21). The fraction of sp³-hybridized carbons (Fsp3) is 0.571. The molecular weight excluding hydrogens is 286 g/mol. The molecule has 1 aromatic heterocycles. The number of nitrogens with one attached hydrogen (secondary N) is 2. The fourth-order valence-electron chi connectivity index (χ4n) is 2.30. The third-order valence-electron chi connectivity index (χ3n) is 3.33. The van der Waals surface area contributed by atoms with Gasteiger partial charge in [-0.1, -0.05) is 0 Å². The Morgan fingerprint density at radius 1 is 1.45 bits per heavy atom. The van der Waals surface area contributed by atoms with Crippen LogP contribution in [0.5, 0.6) is 6.01 Å². The minimum Gasteiger partial charge on any atom is -0.467 e. The molecule has 2 rings (SSSR count). The number of urea groups is 1. The van der Waals surface area contributed by atoms with Gasteiger partial charge in [0.15, 0.2) is 0 Å². The van der Waals surface area contributed by atoms with Gasteiger partial charge in [-0.05, 0) is 26.8 Å². The first kappa shape index (κ1) is 16.0. The minimum absolute atomic E-state index is 0.0431. The van der Waals surface area contributed by atoms with Crippen LogP contribution >= 0.6 is 0 Å². The maximum absolute atomic E-state index is 12.0. The number of aromatic nitrogens is 2. The highest BCUT2D eigenvalue weighted by Gasteiger charge is 2.36. The molecule has 1 aromatic rings. The van der Waals surface area contributed by atoms with Crippen molar-refractivity contribution >= 4 is 17.8 Å². The van der Waals surface area contributed by atoms with E-state index in [2.05, 4.69) is 20.6 Å². The summed E-state index contributed by atoms with van der Waals surface area (Å²) in [4.78, 5) is 33.6. The zero-order valence-corrected chi connectivity index (χ0v) is 13.2. The van der Waals surface area contributed by atoms with Crippen LogP contribution in [0.25, 0.3) is 0 Å². The lowest BCUT2D eigenvalue weighted by Gasteiger charge is -2.32. The predicted octanol–water partition coefficient (Wildman–Crippen LogP) is 1.01. The third-order valence-corrected chi connectivity index (χ3v) is 3.33. The average molecular weight is 307 g/mol. The Morgan fingerprint density at radius 3 is 2.77 bits per heavy atom. The molecule has 0 radical (unpaired) electrons. The van der Waals surface area contributed by atoms with Gasteiger partial charge in [0, 0.05) is 24.7 Å². The normalized spacial score (nSPS) is 18.3. The molecule has 3 amide bonds. The molecule has 1 unspecified atom stereocenters. The highest BCUT2D eigenvalue weighted by atomic mass is 16.5. The molecule has 1 atom stereocenters. The Kier molecular flexibility index (Phi) is 4.48. The Labute approximate surface area is 129 Å². The monoisotopic (exact) mass is 307 g/mol. The van der Waals surface area contributed by atoms with Gasteiger partial charge in [0.2, 0.25) is 5.91 Å². The summed E-state index contributed by atoms with van der Waals surface area (Å²) in [6.07, 6.45) is 1.79. The van der Waals surface area contributed by atoms with Crippen molar-refractivity contribution in [3.63, 3.8) is 0 Å². The predicted molar refractivity (Wildman–Crippen MR) is 80.6 cm³/mol. The summed E-state index contributed by atoms with van der Waals surface area (Å²) < 4.78 is 4.89. The van der Waals surface area contributed by atoms with Crippen molar-refractivity contribution in [3.05, 3.63) is 12.3 Å². The number of methoxy groups -OCH3 is 1. The molecule has 2 heterocycles. The van der Waals surface area contributed by atoms with E-state index in [-0.39, 0.29) is 23.5 Å². The van der Waals surface area contributed by atoms with Gasteiger partial charge < -0.3 is 15.0 Å². The van der Waals surface area contributed by atoms with Crippen LogP contribution in [0.1, 0.15) is 27.2 Å². The number of nitrogens with zero attached hydrogens (tertiary/aromatic N) is 3. The Balaban J connectivity index is 1.91. The van der Waals surface area contributed by atoms with Gasteiger partial charge in [-0.25, -0.2) is 9.78 Å². The first-order valence-corrected chi connectivity index (χ1v) is 7.04. The van der Waals surface area contributed by atoms with Crippen molar-refractivity contribution < 1.29 is 14.3 Å². The topological polar surface area (TPSA) is 96.4 Å². The molecule has 0 bridgehead atoms. The van der Waals surface area contributed by atoms with Crippen molar-refractivity contribution in [1.82, 2.24) is 20.2 Å². The molecule has 120 valence electrons. The number of anilines is 1. The number of carbonyl (C=O) groups is 2. The molecule has 0 aromatic carbocycles. The van der Waals surface area contributed by atoms with Gasteiger partial charge in [-0.2, -0.15) is 4.98 Å². The number of likely N-dealkylation sites (tertiary alicyclic amines) is 1.